The molecule has 0 fully saturated rings. The summed E-state index contributed by atoms with van der Waals surface area (Å²) in [7, 11) is 0. The topological polar surface area (TPSA) is 56.3 Å². The van der Waals surface area contributed by atoms with E-state index in [9.17, 15) is 10.1 Å². The molecule has 0 N–H and O–H groups in total. The highest BCUT2D eigenvalue weighted by molar-refractivity contribution is 6.36. The first-order valence-electron chi connectivity index (χ1n) is 7.01. The van der Waals surface area contributed by atoms with Gasteiger partial charge in [-0.2, -0.15) is 0 Å². The maximum Gasteiger partial charge on any atom is 0.280 e. The summed E-state index contributed by atoms with van der Waals surface area (Å²) in [6, 6.07) is 17.1. The normalized spacial score (nSPS) is 11.5. The molecule has 0 unspecified atom stereocenters. The maximum absolute atomic E-state index is 11.3. The van der Waals surface area contributed by atoms with E-state index < -0.39 is 4.92 Å². The van der Waals surface area contributed by atoms with Gasteiger partial charge in [-0.05, 0) is 42.5 Å². The summed E-state index contributed by atoms with van der Waals surface area (Å²) in [5, 5.41) is 12.3. The predicted molar refractivity (Wildman–Crippen MR) is 95.5 cm³/mol. The van der Waals surface area contributed by atoms with E-state index in [4.69, 9.17) is 27.6 Å². The highest BCUT2D eigenvalue weighted by atomic mass is 35.5. The molecule has 0 radical (unpaired) electrons. The fraction of sp³-hybridized carbons (Fsp3) is 0. The monoisotopic (exact) mass is 359 g/mol. The average Bonchev–Trinajstić information content (AvgIpc) is 3.01. The molecule has 120 valence electrons. The number of benzene rings is 2. The van der Waals surface area contributed by atoms with E-state index in [2.05, 4.69) is 0 Å². The van der Waals surface area contributed by atoms with Crippen molar-refractivity contribution in [2.24, 2.45) is 0 Å². The van der Waals surface area contributed by atoms with Crippen LogP contribution >= 0.6 is 23.2 Å². The molecular formula is C18H11Cl2NO3. The Balaban J connectivity index is 1.99. The van der Waals surface area contributed by atoms with E-state index in [-0.39, 0.29) is 5.70 Å². The van der Waals surface area contributed by atoms with Gasteiger partial charge in [0, 0.05) is 10.6 Å². The summed E-state index contributed by atoms with van der Waals surface area (Å²) in [4.78, 5) is 10.9. The maximum atomic E-state index is 11.3. The molecule has 0 aliphatic carbocycles. The number of rotatable bonds is 4. The second-order valence-corrected chi connectivity index (χ2v) is 5.82. The quantitative estimate of drug-likeness (QED) is 0.422. The minimum atomic E-state index is -0.438. The number of nitro groups is 1. The van der Waals surface area contributed by atoms with Gasteiger partial charge in [0.05, 0.1) is 21.6 Å². The summed E-state index contributed by atoms with van der Waals surface area (Å²) in [5.74, 6) is 0.880. The second kappa shape index (κ2) is 6.91. The predicted octanol–water partition coefficient (Wildman–Crippen LogP) is 6.03. The Hall–Kier alpha value is -2.56. The van der Waals surface area contributed by atoms with Gasteiger partial charge in [-0.3, -0.25) is 10.1 Å². The lowest BCUT2D eigenvalue weighted by molar-refractivity contribution is -0.374. The molecule has 0 spiro atoms. The largest absolute Gasteiger partial charge is 0.456 e. The molecule has 3 aromatic rings. The van der Waals surface area contributed by atoms with Crippen LogP contribution in [0.1, 0.15) is 11.3 Å². The van der Waals surface area contributed by atoms with Crippen LogP contribution in [0.3, 0.4) is 0 Å². The molecule has 0 aliphatic heterocycles. The Labute approximate surface area is 148 Å². The Kier molecular flexibility index (Phi) is 4.69. The van der Waals surface area contributed by atoms with Gasteiger partial charge in [-0.15, -0.1) is 0 Å². The summed E-state index contributed by atoms with van der Waals surface area (Å²) in [6.07, 6.45) is 1.39. The summed E-state index contributed by atoms with van der Waals surface area (Å²) in [6.45, 7) is 0. The van der Waals surface area contributed by atoms with Crippen molar-refractivity contribution in [1.29, 1.82) is 0 Å². The number of hydrogen-bond acceptors (Lipinski definition) is 3. The summed E-state index contributed by atoms with van der Waals surface area (Å²) >= 11 is 12.0. The third-order valence-electron chi connectivity index (χ3n) is 3.37. The van der Waals surface area contributed by atoms with Crippen LogP contribution in [0.2, 0.25) is 10.0 Å². The number of nitrogens with zero attached hydrogens (tertiary/aromatic N) is 1. The molecular weight excluding hydrogens is 349 g/mol. The van der Waals surface area contributed by atoms with Crippen molar-refractivity contribution < 1.29 is 9.34 Å². The van der Waals surface area contributed by atoms with Crippen LogP contribution < -0.4 is 0 Å². The molecule has 0 atom stereocenters. The molecule has 0 aliphatic rings. The number of hydrogen-bond donors (Lipinski definition) is 0. The summed E-state index contributed by atoms with van der Waals surface area (Å²) in [5.41, 5.74) is 1.13. The summed E-state index contributed by atoms with van der Waals surface area (Å²) < 4.78 is 5.68. The van der Waals surface area contributed by atoms with E-state index in [0.717, 1.165) is 0 Å². The number of furan rings is 1. The zero-order valence-corrected chi connectivity index (χ0v) is 13.8. The van der Waals surface area contributed by atoms with Gasteiger partial charge in [-0.25, -0.2) is 0 Å². The van der Waals surface area contributed by atoms with Gasteiger partial charge in [-0.1, -0.05) is 41.4 Å². The lowest BCUT2D eigenvalue weighted by Gasteiger charge is -2.01. The van der Waals surface area contributed by atoms with Gasteiger partial charge in [0.1, 0.15) is 11.5 Å². The van der Waals surface area contributed by atoms with Crippen molar-refractivity contribution in [3.05, 3.63) is 92.1 Å². The molecule has 6 heteroatoms. The van der Waals surface area contributed by atoms with Gasteiger partial charge in [0.15, 0.2) is 0 Å². The van der Waals surface area contributed by atoms with Gasteiger partial charge in [0.2, 0.25) is 0 Å². The lowest BCUT2D eigenvalue weighted by atomic mass is 10.1. The minimum Gasteiger partial charge on any atom is -0.456 e. The Morgan fingerprint density at radius 2 is 1.79 bits per heavy atom. The van der Waals surface area contributed by atoms with Crippen LogP contribution in [-0.4, -0.2) is 4.92 Å². The van der Waals surface area contributed by atoms with E-state index >= 15 is 0 Å². The zero-order chi connectivity index (χ0) is 17.1. The highest BCUT2D eigenvalue weighted by Crippen LogP contribution is 2.32. The van der Waals surface area contributed by atoms with E-state index in [0.29, 0.717) is 32.7 Å². The fourth-order valence-corrected chi connectivity index (χ4v) is 2.75. The van der Waals surface area contributed by atoms with Crippen molar-refractivity contribution in [3.63, 3.8) is 0 Å². The van der Waals surface area contributed by atoms with Crippen molar-refractivity contribution in [2.75, 3.05) is 0 Å². The van der Waals surface area contributed by atoms with Crippen LogP contribution in [0.4, 0.5) is 0 Å². The molecule has 1 heterocycles. The number of halogens is 2. The molecule has 2 aromatic carbocycles. The van der Waals surface area contributed by atoms with Crippen LogP contribution in [0.5, 0.6) is 0 Å². The van der Waals surface area contributed by atoms with Crippen LogP contribution in [0.25, 0.3) is 23.1 Å². The molecule has 0 saturated carbocycles. The SMILES string of the molecule is O=[N+]([O-])/C(=C/c1ccc(-c2ccc(Cl)cc2Cl)o1)c1ccccc1. The molecule has 24 heavy (non-hydrogen) atoms. The van der Waals surface area contributed by atoms with E-state index in [1.54, 1.807) is 60.7 Å². The Bertz CT molecular complexity index is 917. The zero-order valence-electron chi connectivity index (χ0n) is 12.3. The molecule has 3 rings (SSSR count). The Morgan fingerprint density at radius 3 is 2.46 bits per heavy atom. The first-order valence-corrected chi connectivity index (χ1v) is 7.77. The fourth-order valence-electron chi connectivity index (χ4n) is 2.25. The molecule has 4 nitrogen and oxygen atoms in total. The minimum absolute atomic E-state index is 0.0429. The van der Waals surface area contributed by atoms with Crippen molar-refractivity contribution in [2.45, 2.75) is 0 Å². The van der Waals surface area contributed by atoms with Crippen LogP contribution in [0.15, 0.2) is 65.1 Å². The molecule has 0 amide bonds. The third-order valence-corrected chi connectivity index (χ3v) is 3.92. The van der Waals surface area contributed by atoms with Crippen molar-refractivity contribution >= 4 is 35.0 Å². The lowest BCUT2D eigenvalue weighted by Crippen LogP contribution is -1.97. The van der Waals surface area contributed by atoms with Gasteiger partial charge < -0.3 is 4.42 Å². The highest BCUT2D eigenvalue weighted by Gasteiger charge is 2.16. The second-order valence-electron chi connectivity index (χ2n) is 4.98. The van der Waals surface area contributed by atoms with Gasteiger partial charge in [0.25, 0.3) is 5.70 Å². The van der Waals surface area contributed by atoms with E-state index in [1.807, 2.05) is 0 Å². The van der Waals surface area contributed by atoms with Crippen LogP contribution in [0, 0.1) is 10.1 Å². The van der Waals surface area contributed by atoms with E-state index in [1.165, 1.54) is 6.08 Å². The van der Waals surface area contributed by atoms with Crippen LogP contribution in [-0.2, 0) is 0 Å². The van der Waals surface area contributed by atoms with Crippen molar-refractivity contribution in [1.82, 2.24) is 0 Å². The molecule has 0 bridgehead atoms. The first kappa shape index (κ1) is 16.3. The first-order chi connectivity index (χ1) is 11.5. The molecule has 0 saturated heterocycles. The van der Waals surface area contributed by atoms with Crippen molar-refractivity contribution in [3.8, 4) is 11.3 Å². The van der Waals surface area contributed by atoms with Gasteiger partial charge >= 0.3 is 0 Å². The molecule has 1 aromatic heterocycles. The standard InChI is InChI=1S/C18H11Cl2NO3/c19-13-6-8-15(16(20)10-13)18-9-7-14(24-18)11-17(21(22)23)12-4-2-1-3-5-12/h1-11H/b17-11+. The smallest absolute Gasteiger partial charge is 0.280 e. The average molecular weight is 360 g/mol. The third kappa shape index (κ3) is 3.50. The Morgan fingerprint density at radius 1 is 1.04 bits per heavy atom.